The number of benzene rings is 1. The molecule has 1 heterocycles. The predicted molar refractivity (Wildman–Crippen MR) is 93.5 cm³/mol. The van der Waals surface area contributed by atoms with Crippen molar-refractivity contribution in [3.8, 4) is 0 Å². The Hall–Kier alpha value is -1.43. The lowest BCUT2D eigenvalue weighted by Crippen LogP contribution is -2.44. The molecule has 1 aliphatic heterocycles. The summed E-state index contributed by atoms with van der Waals surface area (Å²) in [5.41, 5.74) is 0.863. The number of aliphatic hydroxyl groups is 1. The molecule has 2 N–H and O–H groups in total. The van der Waals surface area contributed by atoms with Gasteiger partial charge in [-0.3, -0.25) is 4.79 Å². The maximum absolute atomic E-state index is 12.0. The smallest absolute Gasteiger partial charge is 0.225 e. The highest BCUT2D eigenvalue weighted by Crippen LogP contribution is 2.16. The summed E-state index contributed by atoms with van der Waals surface area (Å²) in [7, 11) is 2.14. The fraction of sp³-hybridized carbons (Fsp3) is 0.611. The summed E-state index contributed by atoms with van der Waals surface area (Å²) in [4.78, 5) is 16.7. The lowest BCUT2D eigenvalue weighted by molar-refractivity contribution is -0.116. The number of nitrogens with zero attached hydrogens (tertiary/aromatic N) is 2. The number of nitrogens with one attached hydrogen (secondary N) is 1. The summed E-state index contributed by atoms with van der Waals surface area (Å²) in [5, 5.41) is 11.8. The van der Waals surface area contributed by atoms with E-state index in [0.29, 0.717) is 12.5 Å². The first-order chi connectivity index (χ1) is 11.2. The number of hydrogen-bond acceptors (Lipinski definition) is 4. The van der Waals surface area contributed by atoms with Gasteiger partial charge in [-0.2, -0.15) is 0 Å². The van der Waals surface area contributed by atoms with E-state index in [0.717, 1.165) is 51.1 Å². The van der Waals surface area contributed by atoms with Gasteiger partial charge in [0, 0.05) is 37.8 Å². The zero-order valence-corrected chi connectivity index (χ0v) is 14.1. The number of hydrogen-bond donors (Lipinski definition) is 2. The quantitative estimate of drug-likeness (QED) is 0.767. The average molecular weight is 319 g/mol. The van der Waals surface area contributed by atoms with E-state index in [-0.39, 0.29) is 12.5 Å². The molecule has 1 aliphatic rings. The molecule has 0 atom stereocenters. The number of para-hydroxylation sites is 1. The SMILES string of the molecule is CN(CCCO)C1CCN(CCC(=O)Nc2ccccc2)CC1. The molecule has 23 heavy (non-hydrogen) atoms. The minimum atomic E-state index is 0.0818. The molecule has 0 spiro atoms. The van der Waals surface area contributed by atoms with E-state index in [2.05, 4.69) is 22.2 Å². The third kappa shape index (κ3) is 6.29. The third-order valence-electron chi connectivity index (χ3n) is 4.56. The Bertz CT molecular complexity index is 459. The van der Waals surface area contributed by atoms with Gasteiger partial charge in [-0.15, -0.1) is 0 Å². The first kappa shape index (κ1) is 17.9. The van der Waals surface area contributed by atoms with Gasteiger partial charge in [-0.1, -0.05) is 18.2 Å². The van der Waals surface area contributed by atoms with Crippen LogP contribution in [0.5, 0.6) is 0 Å². The number of amides is 1. The number of piperidine rings is 1. The highest BCUT2D eigenvalue weighted by atomic mass is 16.3. The van der Waals surface area contributed by atoms with Gasteiger partial charge in [-0.05, 0) is 51.5 Å². The number of likely N-dealkylation sites (tertiary alicyclic amines) is 1. The standard InChI is InChI=1S/C18H29N3O2/c1-20(11-5-15-22)17-8-12-21(13-9-17)14-10-18(23)19-16-6-3-2-4-7-16/h2-4,6-7,17,22H,5,8-15H2,1H3,(H,19,23). The van der Waals surface area contributed by atoms with Crippen molar-refractivity contribution in [2.45, 2.75) is 31.7 Å². The Morgan fingerprint density at radius 1 is 1.30 bits per heavy atom. The zero-order valence-electron chi connectivity index (χ0n) is 14.1. The van der Waals surface area contributed by atoms with Crippen molar-refractivity contribution in [2.75, 3.05) is 45.2 Å². The fourth-order valence-electron chi connectivity index (χ4n) is 3.09. The summed E-state index contributed by atoms with van der Waals surface area (Å²) in [6, 6.07) is 10.2. The molecule has 1 aromatic rings. The van der Waals surface area contributed by atoms with Crippen molar-refractivity contribution >= 4 is 11.6 Å². The zero-order chi connectivity index (χ0) is 16.5. The van der Waals surface area contributed by atoms with Crippen LogP contribution in [-0.4, -0.2) is 66.7 Å². The molecule has 0 aromatic heterocycles. The van der Waals surface area contributed by atoms with Gasteiger partial charge in [0.2, 0.25) is 5.91 Å². The Morgan fingerprint density at radius 2 is 2.00 bits per heavy atom. The molecule has 0 radical (unpaired) electrons. The molecule has 0 bridgehead atoms. The predicted octanol–water partition coefficient (Wildman–Crippen LogP) is 1.79. The Balaban J connectivity index is 1.63. The van der Waals surface area contributed by atoms with Crippen molar-refractivity contribution in [3.05, 3.63) is 30.3 Å². The van der Waals surface area contributed by atoms with Crippen molar-refractivity contribution in [2.24, 2.45) is 0 Å². The van der Waals surface area contributed by atoms with E-state index in [4.69, 9.17) is 5.11 Å². The minimum absolute atomic E-state index is 0.0818. The molecule has 1 amide bonds. The van der Waals surface area contributed by atoms with Crippen LogP contribution in [0.3, 0.4) is 0 Å². The second-order valence-corrected chi connectivity index (χ2v) is 6.29. The molecule has 0 saturated carbocycles. The van der Waals surface area contributed by atoms with Crippen LogP contribution >= 0.6 is 0 Å². The highest BCUT2D eigenvalue weighted by Gasteiger charge is 2.22. The molecular weight excluding hydrogens is 290 g/mol. The molecule has 1 fully saturated rings. The van der Waals surface area contributed by atoms with Crippen LogP contribution in [0.2, 0.25) is 0 Å². The first-order valence-electron chi connectivity index (χ1n) is 8.57. The van der Waals surface area contributed by atoms with E-state index < -0.39 is 0 Å². The summed E-state index contributed by atoms with van der Waals surface area (Å²) in [6.45, 7) is 4.14. The lowest BCUT2D eigenvalue weighted by Gasteiger charge is -2.36. The van der Waals surface area contributed by atoms with E-state index >= 15 is 0 Å². The third-order valence-corrected chi connectivity index (χ3v) is 4.56. The molecule has 128 valence electrons. The fourth-order valence-corrected chi connectivity index (χ4v) is 3.09. The topological polar surface area (TPSA) is 55.8 Å². The van der Waals surface area contributed by atoms with Crippen molar-refractivity contribution in [1.82, 2.24) is 9.80 Å². The number of aliphatic hydroxyl groups excluding tert-OH is 1. The van der Waals surface area contributed by atoms with E-state index in [9.17, 15) is 4.79 Å². The minimum Gasteiger partial charge on any atom is -0.396 e. The van der Waals surface area contributed by atoms with E-state index in [1.54, 1.807) is 0 Å². The Kier molecular flexibility index (Phi) is 7.52. The average Bonchev–Trinajstić information content (AvgIpc) is 2.59. The van der Waals surface area contributed by atoms with Crippen LogP contribution in [0.25, 0.3) is 0 Å². The number of carbonyl (C=O) groups is 1. The summed E-state index contributed by atoms with van der Waals surface area (Å²) < 4.78 is 0. The van der Waals surface area contributed by atoms with Crippen molar-refractivity contribution < 1.29 is 9.90 Å². The van der Waals surface area contributed by atoms with Gasteiger partial charge in [0.1, 0.15) is 0 Å². The van der Waals surface area contributed by atoms with Gasteiger partial charge in [0.25, 0.3) is 0 Å². The Morgan fingerprint density at radius 3 is 2.65 bits per heavy atom. The van der Waals surface area contributed by atoms with Crippen LogP contribution in [-0.2, 0) is 4.79 Å². The van der Waals surface area contributed by atoms with Gasteiger partial charge in [0.15, 0.2) is 0 Å². The lowest BCUT2D eigenvalue weighted by atomic mass is 10.0. The summed E-state index contributed by atoms with van der Waals surface area (Å²) >= 11 is 0. The molecule has 1 aromatic carbocycles. The second kappa shape index (κ2) is 9.65. The van der Waals surface area contributed by atoms with Crippen LogP contribution in [0.1, 0.15) is 25.7 Å². The highest BCUT2D eigenvalue weighted by molar-refractivity contribution is 5.90. The van der Waals surface area contributed by atoms with Crippen LogP contribution in [0.4, 0.5) is 5.69 Å². The molecule has 5 heteroatoms. The number of rotatable bonds is 8. The monoisotopic (exact) mass is 319 g/mol. The summed E-state index contributed by atoms with van der Waals surface area (Å²) in [6.07, 6.45) is 3.67. The normalized spacial score (nSPS) is 16.7. The van der Waals surface area contributed by atoms with Crippen LogP contribution < -0.4 is 5.32 Å². The van der Waals surface area contributed by atoms with Gasteiger partial charge in [0.05, 0.1) is 0 Å². The van der Waals surface area contributed by atoms with Gasteiger partial charge >= 0.3 is 0 Å². The van der Waals surface area contributed by atoms with Crippen molar-refractivity contribution in [3.63, 3.8) is 0 Å². The van der Waals surface area contributed by atoms with E-state index in [1.807, 2.05) is 30.3 Å². The van der Waals surface area contributed by atoms with E-state index in [1.165, 1.54) is 0 Å². The maximum Gasteiger partial charge on any atom is 0.225 e. The van der Waals surface area contributed by atoms with Crippen LogP contribution in [0.15, 0.2) is 30.3 Å². The summed E-state index contributed by atoms with van der Waals surface area (Å²) in [5.74, 6) is 0.0818. The molecule has 5 nitrogen and oxygen atoms in total. The molecular formula is C18H29N3O2. The molecule has 1 saturated heterocycles. The van der Waals surface area contributed by atoms with Crippen molar-refractivity contribution in [1.29, 1.82) is 0 Å². The second-order valence-electron chi connectivity index (χ2n) is 6.29. The number of carbonyl (C=O) groups excluding carboxylic acids is 1. The largest absolute Gasteiger partial charge is 0.396 e. The molecule has 0 unspecified atom stereocenters. The first-order valence-corrected chi connectivity index (χ1v) is 8.57. The van der Waals surface area contributed by atoms with Gasteiger partial charge in [-0.25, -0.2) is 0 Å². The Labute approximate surface area is 139 Å². The van der Waals surface area contributed by atoms with Crippen LogP contribution in [0, 0.1) is 0 Å². The number of anilines is 1. The maximum atomic E-state index is 12.0. The molecule has 2 rings (SSSR count). The van der Waals surface area contributed by atoms with Gasteiger partial charge < -0.3 is 20.2 Å². The molecule has 0 aliphatic carbocycles.